The third-order valence-corrected chi connectivity index (χ3v) is 4.43. The highest BCUT2D eigenvalue weighted by atomic mass is 35.5. The summed E-state index contributed by atoms with van der Waals surface area (Å²) in [5.41, 5.74) is 8.19. The molecule has 2 nitrogen and oxygen atoms in total. The van der Waals surface area contributed by atoms with Crippen LogP contribution < -0.4 is 11.1 Å². The van der Waals surface area contributed by atoms with Crippen molar-refractivity contribution in [3.05, 3.63) is 58.4 Å². The lowest BCUT2D eigenvalue weighted by atomic mass is 10.2. The zero-order valence-corrected chi connectivity index (χ0v) is 12.8. The van der Waals surface area contributed by atoms with Gasteiger partial charge in [0.15, 0.2) is 0 Å². The van der Waals surface area contributed by atoms with Gasteiger partial charge in [0, 0.05) is 16.0 Å². The molecule has 0 saturated heterocycles. The van der Waals surface area contributed by atoms with Crippen molar-refractivity contribution in [1.29, 1.82) is 0 Å². The Hall–Kier alpha value is -1.62. The minimum atomic E-state index is 0.346. The number of rotatable bonds is 3. The van der Waals surface area contributed by atoms with E-state index in [1.165, 1.54) is 10.1 Å². The Kier molecular flexibility index (Phi) is 3.61. The van der Waals surface area contributed by atoms with Crippen LogP contribution >= 0.6 is 35.2 Å². The molecule has 100 valence electrons. The molecule has 0 fully saturated rings. The van der Waals surface area contributed by atoms with Crippen molar-refractivity contribution in [1.82, 2.24) is 0 Å². The summed E-state index contributed by atoms with van der Waals surface area (Å²) in [6.45, 7) is 0. The van der Waals surface area contributed by atoms with E-state index in [1.807, 2.05) is 18.2 Å². The standard InChI is InChI=1S/C15H11ClN2S2/c16-12-8-10(15(17)19)1-3-13(12)18-11-2-4-14-9(7-11)5-6-20-14/h1-8,18H,(H2,17,19). The fraction of sp³-hybridized carbons (Fsp3) is 0. The van der Waals surface area contributed by atoms with E-state index in [0.717, 1.165) is 16.9 Å². The van der Waals surface area contributed by atoms with Crippen molar-refractivity contribution in [3.8, 4) is 0 Å². The highest BCUT2D eigenvalue weighted by molar-refractivity contribution is 7.80. The fourth-order valence-corrected chi connectivity index (χ4v) is 3.10. The summed E-state index contributed by atoms with van der Waals surface area (Å²) in [7, 11) is 0. The average Bonchev–Trinajstić information content (AvgIpc) is 2.88. The normalized spacial score (nSPS) is 10.7. The molecule has 5 heteroatoms. The molecule has 0 radical (unpaired) electrons. The maximum atomic E-state index is 6.24. The molecule has 3 aromatic rings. The van der Waals surface area contributed by atoms with Gasteiger partial charge in [-0.05, 0) is 53.2 Å². The molecule has 1 heterocycles. The highest BCUT2D eigenvalue weighted by Gasteiger charge is 2.05. The van der Waals surface area contributed by atoms with E-state index < -0.39 is 0 Å². The van der Waals surface area contributed by atoms with E-state index in [1.54, 1.807) is 17.4 Å². The van der Waals surface area contributed by atoms with E-state index in [-0.39, 0.29) is 0 Å². The number of nitrogens with two attached hydrogens (primary N) is 1. The van der Waals surface area contributed by atoms with Crippen molar-refractivity contribution >= 4 is 61.6 Å². The predicted molar refractivity (Wildman–Crippen MR) is 92.4 cm³/mol. The molecule has 2 aromatic carbocycles. The minimum absolute atomic E-state index is 0.346. The Morgan fingerprint density at radius 1 is 1.15 bits per heavy atom. The number of benzene rings is 2. The van der Waals surface area contributed by atoms with E-state index in [2.05, 4.69) is 28.9 Å². The quantitative estimate of drug-likeness (QED) is 0.672. The molecule has 0 aliphatic carbocycles. The first-order valence-electron chi connectivity index (χ1n) is 5.97. The van der Waals surface area contributed by atoms with Gasteiger partial charge in [-0.25, -0.2) is 0 Å². The van der Waals surface area contributed by atoms with Crippen LogP contribution in [0.25, 0.3) is 10.1 Å². The summed E-state index contributed by atoms with van der Waals surface area (Å²) in [6.07, 6.45) is 0. The number of thiocarbonyl (C=S) groups is 1. The monoisotopic (exact) mass is 318 g/mol. The number of nitrogens with one attached hydrogen (secondary N) is 1. The van der Waals surface area contributed by atoms with Crippen LogP contribution in [0.2, 0.25) is 5.02 Å². The molecule has 0 atom stereocenters. The summed E-state index contributed by atoms with van der Waals surface area (Å²) in [5.74, 6) is 0. The van der Waals surface area contributed by atoms with Crippen LogP contribution in [0.15, 0.2) is 47.8 Å². The SMILES string of the molecule is NC(=S)c1ccc(Nc2ccc3sccc3c2)c(Cl)c1. The van der Waals surface area contributed by atoms with Crippen molar-refractivity contribution in [3.63, 3.8) is 0 Å². The van der Waals surface area contributed by atoms with Crippen molar-refractivity contribution in [2.24, 2.45) is 5.73 Å². The second-order valence-electron chi connectivity index (χ2n) is 4.36. The molecular weight excluding hydrogens is 308 g/mol. The molecule has 20 heavy (non-hydrogen) atoms. The van der Waals surface area contributed by atoms with Gasteiger partial charge in [-0.3, -0.25) is 0 Å². The van der Waals surface area contributed by atoms with Gasteiger partial charge >= 0.3 is 0 Å². The Balaban J connectivity index is 1.92. The van der Waals surface area contributed by atoms with Crippen LogP contribution in [0, 0.1) is 0 Å². The second kappa shape index (κ2) is 5.40. The van der Waals surface area contributed by atoms with Crippen molar-refractivity contribution < 1.29 is 0 Å². The zero-order valence-electron chi connectivity index (χ0n) is 10.4. The van der Waals surface area contributed by atoms with Crippen molar-refractivity contribution in [2.75, 3.05) is 5.32 Å². The van der Waals surface area contributed by atoms with Gasteiger partial charge in [-0.15, -0.1) is 11.3 Å². The van der Waals surface area contributed by atoms with Gasteiger partial charge in [0.2, 0.25) is 0 Å². The third-order valence-electron chi connectivity index (χ3n) is 2.99. The van der Waals surface area contributed by atoms with E-state index in [9.17, 15) is 0 Å². The smallest absolute Gasteiger partial charge is 0.104 e. The lowest BCUT2D eigenvalue weighted by Gasteiger charge is -2.10. The summed E-state index contributed by atoms with van der Waals surface area (Å²) in [6, 6.07) is 13.9. The molecule has 1 aromatic heterocycles. The Bertz CT molecular complexity index is 795. The molecule has 0 aliphatic heterocycles. The first-order chi connectivity index (χ1) is 9.63. The third kappa shape index (κ3) is 2.63. The number of thiophene rings is 1. The topological polar surface area (TPSA) is 38.0 Å². The van der Waals surface area contributed by atoms with Crippen LogP contribution in [0.3, 0.4) is 0 Å². The Labute approximate surface area is 131 Å². The van der Waals surface area contributed by atoms with Crippen LogP contribution in [-0.2, 0) is 0 Å². The van der Waals surface area contributed by atoms with Gasteiger partial charge in [0.1, 0.15) is 4.99 Å². The number of hydrogen-bond donors (Lipinski definition) is 2. The molecule has 0 spiro atoms. The number of fused-ring (bicyclic) bond motifs is 1. The van der Waals surface area contributed by atoms with Crippen LogP contribution in [0.1, 0.15) is 5.56 Å². The van der Waals surface area contributed by atoms with E-state index in [4.69, 9.17) is 29.6 Å². The summed E-state index contributed by atoms with van der Waals surface area (Å²) < 4.78 is 1.27. The maximum Gasteiger partial charge on any atom is 0.104 e. The molecule has 0 aliphatic rings. The van der Waals surface area contributed by atoms with Gasteiger partial charge in [-0.2, -0.15) is 0 Å². The van der Waals surface area contributed by atoms with Crippen LogP contribution in [0.5, 0.6) is 0 Å². The maximum absolute atomic E-state index is 6.24. The fourth-order valence-electron chi connectivity index (χ4n) is 1.97. The molecule has 0 saturated carbocycles. The minimum Gasteiger partial charge on any atom is -0.389 e. The van der Waals surface area contributed by atoms with Gasteiger partial charge in [0.05, 0.1) is 10.7 Å². The molecule has 0 amide bonds. The second-order valence-corrected chi connectivity index (χ2v) is 6.15. The Morgan fingerprint density at radius 3 is 2.75 bits per heavy atom. The van der Waals surface area contributed by atoms with Crippen LogP contribution in [-0.4, -0.2) is 4.99 Å². The van der Waals surface area contributed by atoms with Crippen LogP contribution in [0.4, 0.5) is 11.4 Å². The van der Waals surface area contributed by atoms with Gasteiger partial charge in [-0.1, -0.05) is 23.8 Å². The van der Waals surface area contributed by atoms with Gasteiger partial charge in [0.25, 0.3) is 0 Å². The molecule has 0 bridgehead atoms. The zero-order chi connectivity index (χ0) is 14.1. The Morgan fingerprint density at radius 2 is 2.00 bits per heavy atom. The number of halogens is 1. The number of hydrogen-bond acceptors (Lipinski definition) is 3. The summed E-state index contributed by atoms with van der Waals surface area (Å²) in [5, 5.41) is 7.21. The summed E-state index contributed by atoms with van der Waals surface area (Å²) >= 11 is 12.9. The van der Waals surface area contributed by atoms with Gasteiger partial charge < -0.3 is 11.1 Å². The van der Waals surface area contributed by atoms with E-state index in [0.29, 0.717) is 10.0 Å². The lowest BCUT2D eigenvalue weighted by molar-refractivity contribution is 1.55. The predicted octanol–water partition coefficient (Wildman–Crippen LogP) is 4.93. The first kappa shape index (κ1) is 13.4. The first-order valence-corrected chi connectivity index (χ1v) is 7.64. The average molecular weight is 319 g/mol. The molecule has 3 N–H and O–H groups in total. The van der Waals surface area contributed by atoms with E-state index >= 15 is 0 Å². The summed E-state index contributed by atoms with van der Waals surface area (Å²) in [4.78, 5) is 0.346. The lowest BCUT2D eigenvalue weighted by Crippen LogP contribution is -2.09. The molecule has 0 unspecified atom stereocenters. The highest BCUT2D eigenvalue weighted by Crippen LogP contribution is 2.29. The molecule has 3 rings (SSSR count). The molecular formula is C15H11ClN2S2. The van der Waals surface area contributed by atoms with Crippen molar-refractivity contribution in [2.45, 2.75) is 0 Å². The number of anilines is 2. The largest absolute Gasteiger partial charge is 0.389 e.